The Kier molecular flexibility index (Phi) is 5.69. The molecule has 0 unspecified atom stereocenters. The van der Waals surface area contributed by atoms with E-state index in [1.807, 2.05) is 13.8 Å². The van der Waals surface area contributed by atoms with Gasteiger partial charge in [-0.05, 0) is 57.2 Å². The van der Waals surface area contributed by atoms with Crippen LogP contribution in [0.1, 0.15) is 36.8 Å². The molecule has 0 aliphatic rings. The third kappa shape index (κ3) is 4.65. The number of ether oxygens (including phenoxy) is 1. The minimum absolute atomic E-state index is 0.00703. The third-order valence-corrected chi connectivity index (χ3v) is 3.81. The molecule has 1 N–H and O–H groups in total. The van der Waals surface area contributed by atoms with Gasteiger partial charge >= 0.3 is 6.01 Å². The van der Waals surface area contributed by atoms with Crippen molar-refractivity contribution >= 4 is 11.6 Å². The maximum atomic E-state index is 12.3. The van der Waals surface area contributed by atoms with E-state index in [-0.39, 0.29) is 23.7 Å². The number of amides is 1. The van der Waals surface area contributed by atoms with Crippen LogP contribution in [0.4, 0.5) is 0 Å². The number of benzene rings is 1. The normalized spacial score (nSPS) is 10.4. The molecule has 0 aliphatic carbocycles. The monoisotopic (exact) mass is 388 g/mol. The standard InChI is InChI=1S/C21H20N6O2/c1-13(2)24-20(28)18-11-19(27(26-18)14(3)4)17-9-10-23-21(25-17)29-16-7-5-15(12-22)6-8-16/h5-11,13H,3H2,1-2,4H3,(H,24,28). The van der Waals surface area contributed by atoms with Gasteiger partial charge in [0.2, 0.25) is 0 Å². The Balaban J connectivity index is 1.92. The fourth-order valence-electron chi connectivity index (χ4n) is 2.54. The quantitative estimate of drug-likeness (QED) is 0.691. The molecule has 0 aliphatic heterocycles. The zero-order valence-corrected chi connectivity index (χ0v) is 16.4. The Morgan fingerprint density at radius 2 is 2.00 bits per heavy atom. The van der Waals surface area contributed by atoms with E-state index in [2.05, 4.69) is 33.0 Å². The number of carbonyl (C=O) groups is 1. The first kappa shape index (κ1) is 19.8. The number of hydrogen-bond acceptors (Lipinski definition) is 6. The number of aromatic nitrogens is 4. The van der Waals surface area contributed by atoms with E-state index >= 15 is 0 Å². The summed E-state index contributed by atoms with van der Waals surface area (Å²) in [7, 11) is 0. The van der Waals surface area contributed by atoms with Gasteiger partial charge in [0.15, 0.2) is 5.69 Å². The number of carbonyl (C=O) groups excluding carboxylic acids is 1. The summed E-state index contributed by atoms with van der Waals surface area (Å²) >= 11 is 0. The lowest BCUT2D eigenvalue weighted by Gasteiger charge is -2.08. The maximum Gasteiger partial charge on any atom is 0.322 e. The second kappa shape index (κ2) is 8.35. The highest BCUT2D eigenvalue weighted by molar-refractivity contribution is 5.93. The average Bonchev–Trinajstić information content (AvgIpc) is 3.14. The maximum absolute atomic E-state index is 12.3. The van der Waals surface area contributed by atoms with Gasteiger partial charge in [-0.2, -0.15) is 15.3 Å². The van der Waals surface area contributed by atoms with Crippen molar-refractivity contribution in [1.82, 2.24) is 25.1 Å². The Morgan fingerprint density at radius 1 is 1.28 bits per heavy atom. The summed E-state index contributed by atoms with van der Waals surface area (Å²) in [5.74, 6) is 0.232. The molecule has 8 nitrogen and oxygen atoms in total. The number of nitriles is 1. The minimum atomic E-state index is -0.274. The van der Waals surface area contributed by atoms with Gasteiger partial charge in [0.1, 0.15) is 5.75 Å². The molecule has 0 spiro atoms. The zero-order valence-electron chi connectivity index (χ0n) is 16.4. The fourth-order valence-corrected chi connectivity index (χ4v) is 2.54. The van der Waals surface area contributed by atoms with Crippen LogP contribution in [-0.2, 0) is 0 Å². The van der Waals surface area contributed by atoms with Gasteiger partial charge in [0.25, 0.3) is 5.91 Å². The van der Waals surface area contributed by atoms with Crippen LogP contribution in [0.25, 0.3) is 17.1 Å². The molecule has 0 saturated heterocycles. The van der Waals surface area contributed by atoms with Crippen LogP contribution in [-0.4, -0.2) is 31.7 Å². The SMILES string of the molecule is C=C(C)n1nc(C(=O)NC(C)C)cc1-c1ccnc(Oc2ccc(C#N)cc2)n1. The number of allylic oxidation sites excluding steroid dienone is 1. The van der Waals surface area contributed by atoms with Gasteiger partial charge in [-0.25, -0.2) is 9.67 Å². The van der Waals surface area contributed by atoms with E-state index in [4.69, 9.17) is 10.00 Å². The van der Waals surface area contributed by atoms with E-state index in [0.29, 0.717) is 28.4 Å². The van der Waals surface area contributed by atoms with Crippen molar-refractivity contribution in [2.24, 2.45) is 0 Å². The Labute approximate surface area is 168 Å². The number of hydrogen-bond donors (Lipinski definition) is 1. The minimum Gasteiger partial charge on any atom is -0.424 e. The average molecular weight is 388 g/mol. The molecule has 1 amide bonds. The molecule has 0 saturated carbocycles. The summed E-state index contributed by atoms with van der Waals surface area (Å²) in [5, 5.41) is 16.0. The van der Waals surface area contributed by atoms with E-state index in [0.717, 1.165) is 0 Å². The highest BCUT2D eigenvalue weighted by atomic mass is 16.5. The van der Waals surface area contributed by atoms with E-state index in [9.17, 15) is 4.79 Å². The molecular weight excluding hydrogens is 368 g/mol. The molecule has 0 radical (unpaired) electrons. The molecule has 0 bridgehead atoms. The second-order valence-electron chi connectivity index (χ2n) is 6.65. The lowest BCUT2D eigenvalue weighted by Crippen LogP contribution is -2.30. The Morgan fingerprint density at radius 3 is 2.62 bits per heavy atom. The summed E-state index contributed by atoms with van der Waals surface area (Å²) in [6.07, 6.45) is 1.56. The van der Waals surface area contributed by atoms with Crippen LogP contribution < -0.4 is 10.1 Å². The number of nitrogens with zero attached hydrogens (tertiary/aromatic N) is 5. The van der Waals surface area contributed by atoms with Crippen molar-refractivity contribution in [2.75, 3.05) is 0 Å². The molecule has 8 heteroatoms. The van der Waals surface area contributed by atoms with E-state index in [1.54, 1.807) is 54.2 Å². The van der Waals surface area contributed by atoms with Crippen LogP contribution in [0, 0.1) is 11.3 Å². The molecule has 1 aromatic carbocycles. The highest BCUT2D eigenvalue weighted by Gasteiger charge is 2.18. The summed E-state index contributed by atoms with van der Waals surface area (Å²) in [6, 6.07) is 12.2. The molecule has 2 aromatic heterocycles. The smallest absolute Gasteiger partial charge is 0.322 e. The van der Waals surface area contributed by atoms with Crippen molar-refractivity contribution in [1.29, 1.82) is 5.26 Å². The first-order valence-corrected chi connectivity index (χ1v) is 8.95. The van der Waals surface area contributed by atoms with Gasteiger partial charge in [-0.1, -0.05) is 6.58 Å². The van der Waals surface area contributed by atoms with Crippen LogP contribution in [0.2, 0.25) is 0 Å². The van der Waals surface area contributed by atoms with Crippen molar-refractivity contribution in [3.05, 3.63) is 60.4 Å². The van der Waals surface area contributed by atoms with Gasteiger partial charge in [-0.15, -0.1) is 0 Å². The Bertz CT molecular complexity index is 1090. The van der Waals surface area contributed by atoms with Crippen molar-refractivity contribution in [3.8, 4) is 29.2 Å². The van der Waals surface area contributed by atoms with Crippen molar-refractivity contribution < 1.29 is 9.53 Å². The zero-order chi connectivity index (χ0) is 21.0. The summed E-state index contributed by atoms with van der Waals surface area (Å²) in [6.45, 7) is 9.47. The molecule has 146 valence electrons. The first-order chi connectivity index (χ1) is 13.9. The Hall–Kier alpha value is -3.99. The van der Waals surface area contributed by atoms with Gasteiger partial charge in [0.05, 0.1) is 23.0 Å². The number of rotatable bonds is 6. The van der Waals surface area contributed by atoms with Gasteiger partial charge in [-0.3, -0.25) is 4.79 Å². The topological polar surface area (TPSA) is 106 Å². The third-order valence-electron chi connectivity index (χ3n) is 3.81. The fraction of sp³-hybridized carbons (Fsp3) is 0.190. The largest absolute Gasteiger partial charge is 0.424 e. The highest BCUT2D eigenvalue weighted by Crippen LogP contribution is 2.24. The van der Waals surface area contributed by atoms with Gasteiger partial charge < -0.3 is 10.1 Å². The molecule has 3 aromatic rings. The van der Waals surface area contributed by atoms with Crippen LogP contribution in [0.3, 0.4) is 0 Å². The molecule has 0 atom stereocenters. The molecule has 2 heterocycles. The summed E-state index contributed by atoms with van der Waals surface area (Å²) < 4.78 is 7.24. The van der Waals surface area contributed by atoms with Crippen molar-refractivity contribution in [2.45, 2.75) is 26.8 Å². The molecule has 3 rings (SSSR count). The lowest BCUT2D eigenvalue weighted by molar-refractivity contribution is 0.0937. The van der Waals surface area contributed by atoms with Gasteiger partial charge in [0, 0.05) is 17.9 Å². The first-order valence-electron chi connectivity index (χ1n) is 8.95. The predicted octanol–water partition coefficient (Wildman–Crippen LogP) is 3.63. The molecule has 0 fully saturated rings. The van der Waals surface area contributed by atoms with Crippen molar-refractivity contribution in [3.63, 3.8) is 0 Å². The van der Waals surface area contributed by atoms with E-state index < -0.39 is 0 Å². The molecule has 29 heavy (non-hydrogen) atoms. The van der Waals surface area contributed by atoms with Crippen LogP contribution in [0.5, 0.6) is 11.8 Å². The van der Waals surface area contributed by atoms with E-state index in [1.165, 1.54) is 0 Å². The van der Waals surface area contributed by atoms with Crippen LogP contribution in [0.15, 0.2) is 49.2 Å². The van der Waals surface area contributed by atoms with Crippen LogP contribution >= 0.6 is 0 Å². The summed E-state index contributed by atoms with van der Waals surface area (Å²) in [4.78, 5) is 20.9. The molecular formula is C21H20N6O2. The number of nitrogens with one attached hydrogen (secondary N) is 1. The lowest BCUT2D eigenvalue weighted by atomic mass is 10.2. The second-order valence-corrected chi connectivity index (χ2v) is 6.65. The predicted molar refractivity (Wildman–Crippen MR) is 108 cm³/mol. The summed E-state index contributed by atoms with van der Waals surface area (Å²) in [5.41, 5.74) is 2.56.